The highest BCUT2D eigenvalue weighted by molar-refractivity contribution is 5.94. The summed E-state index contributed by atoms with van der Waals surface area (Å²) in [4.78, 5) is 28.4. The van der Waals surface area contributed by atoms with Gasteiger partial charge in [-0.25, -0.2) is 4.98 Å². The number of nitrogens with one attached hydrogen (secondary N) is 1. The zero-order valence-electron chi connectivity index (χ0n) is 14.9. The van der Waals surface area contributed by atoms with Crippen LogP contribution in [0.3, 0.4) is 0 Å². The summed E-state index contributed by atoms with van der Waals surface area (Å²) >= 11 is 0. The van der Waals surface area contributed by atoms with Crippen molar-refractivity contribution in [3.05, 3.63) is 88.4 Å². The highest BCUT2D eigenvalue weighted by Crippen LogP contribution is 2.18. The fraction of sp³-hybridized carbons (Fsp3) is 0.250. The van der Waals surface area contributed by atoms with Crippen molar-refractivity contribution < 1.29 is 4.79 Å². The number of nitrogens with zero attached hydrogens (tertiary/aromatic N) is 3. The van der Waals surface area contributed by atoms with Gasteiger partial charge in [-0.15, -0.1) is 0 Å². The zero-order chi connectivity index (χ0) is 18.5. The van der Waals surface area contributed by atoms with E-state index in [0.29, 0.717) is 5.56 Å². The average Bonchev–Trinajstić information content (AvgIpc) is 3.06. The second-order valence-corrected chi connectivity index (χ2v) is 6.26. The predicted molar refractivity (Wildman–Crippen MR) is 99.9 cm³/mol. The van der Waals surface area contributed by atoms with Gasteiger partial charge in [-0.05, 0) is 25.0 Å². The zero-order valence-corrected chi connectivity index (χ0v) is 14.9. The van der Waals surface area contributed by atoms with Crippen LogP contribution in [-0.4, -0.2) is 20.0 Å². The Bertz CT molecular complexity index is 944. The molecular weight excluding hydrogens is 328 g/mol. The minimum atomic E-state index is -0.197. The van der Waals surface area contributed by atoms with Gasteiger partial charge in [0.25, 0.3) is 5.91 Å². The van der Waals surface area contributed by atoms with E-state index in [-0.39, 0.29) is 17.5 Å². The van der Waals surface area contributed by atoms with Crippen LogP contribution < -0.4 is 10.9 Å². The molecule has 3 rings (SSSR count). The summed E-state index contributed by atoms with van der Waals surface area (Å²) < 4.78 is 3.47. The first-order valence-corrected chi connectivity index (χ1v) is 8.55. The Morgan fingerprint density at radius 3 is 2.62 bits per heavy atom. The molecule has 6 nitrogen and oxygen atoms in total. The maximum Gasteiger partial charge on any atom is 0.253 e. The molecule has 0 fully saturated rings. The lowest BCUT2D eigenvalue weighted by Crippen LogP contribution is -2.30. The van der Waals surface area contributed by atoms with Crippen molar-refractivity contribution in [1.82, 2.24) is 19.4 Å². The fourth-order valence-corrected chi connectivity index (χ4v) is 2.89. The number of aromatic nitrogens is 3. The third-order valence-electron chi connectivity index (χ3n) is 4.44. The number of imidazole rings is 1. The van der Waals surface area contributed by atoms with Gasteiger partial charge in [-0.3, -0.25) is 9.59 Å². The topological polar surface area (TPSA) is 68.9 Å². The molecule has 1 amide bonds. The molecule has 0 bridgehead atoms. The standard InChI is InChI=1S/C20H22N4O2/c1-15-21-11-13-24(15)12-10-18(16-6-4-3-5-7-16)22-20(26)17-8-9-19(25)23(2)14-17/h3-9,11,13-14,18H,10,12H2,1-2H3,(H,22,26)/t18-/m0/s1. The third-order valence-corrected chi connectivity index (χ3v) is 4.44. The van der Waals surface area contributed by atoms with E-state index in [1.54, 1.807) is 25.5 Å². The average molecular weight is 350 g/mol. The summed E-state index contributed by atoms with van der Waals surface area (Å²) in [6, 6.07) is 12.7. The van der Waals surface area contributed by atoms with Gasteiger partial charge in [0.15, 0.2) is 0 Å². The van der Waals surface area contributed by atoms with E-state index >= 15 is 0 Å². The van der Waals surface area contributed by atoms with Gasteiger partial charge >= 0.3 is 0 Å². The number of hydrogen-bond acceptors (Lipinski definition) is 3. The first kappa shape index (κ1) is 17.7. The number of hydrogen-bond donors (Lipinski definition) is 1. The van der Waals surface area contributed by atoms with Crippen molar-refractivity contribution >= 4 is 5.91 Å². The van der Waals surface area contributed by atoms with Gasteiger partial charge in [-0.1, -0.05) is 30.3 Å². The molecule has 26 heavy (non-hydrogen) atoms. The Morgan fingerprint density at radius 2 is 1.96 bits per heavy atom. The number of amides is 1. The van der Waals surface area contributed by atoms with Crippen LogP contribution in [0.5, 0.6) is 0 Å². The lowest BCUT2D eigenvalue weighted by atomic mass is 10.0. The molecule has 6 heteroatoms. The molecule has 1 aromatic carbocycles. The van der Waals surface area contributed by atoms with E-state index in [0.717, 1.165) is 24.4 Å². The highest BCUT2D eigenvalue weighted by Gasteiger charge is 2.16. The molecule has 2 aromatic heterocycles. The highest BCUT2D eigenvalue weighted by atomic mass is 16.2. The number of pyridine rings is 1. The molecule has 0 aliphatic carbocycles. The lowest BCUT2D eigenvalue weighted by Gasteiger charge is -2.20. The monoisotopic (exact) mass is 350 g/mol. The van der Waals surface area contributed by atoms with Gasteiger partial charge in [0, 0.05) is 38.2 Å². The Balaban J connectivity index is 1.78. The van der Waals surface area contributed by atoms with E-state index in [1.807, 2.05) is 43.5 Å². The summed E-state index contributed by atoms with van der Waals surface area (Å²) in [6.45, 7) is 2.71. The van der Waals surface area contributed by atoms with Gasteiger partial charge in [0.2, 0.25) is 5.56 Å². The smallest absolute Gasteiger partial charge is 0.253 e. The molecule has 0 spiro atoms. The quantitative estimate of drug-likeness (QED) is 0.742. The number of carbonyl (C=O) groups excluding carboxylic acids is 1. The maximum atomic E-state index is 12.7. The maximum absolute atomic E-state index is 12.7. The second kappa shape index (κ2) is 7.82. The number of benzene rings is 1. The summed E-state index contributed by atoms with van der Waals surface area (Å²) in [7, 11) is 1.63. The van der Waals surface area contributed by atoms with Crippen molar-refractivity contribution in [3.8, 4) is 0 Å². The van der Waals surface area contributed by atoms with Crippen molar-refractivity contribution in [2.24, 2.45) is 7.05 Å². The lowest BCUT2D eigenvalue weighted by molar-refractivity contribution is 0.0932. The van der Waals surface area contributed by atoms with Crippen LogP contribution >= 0.6 is 0 Å². The van der Waals surface area contributed by atoms with Crippen LogP contribution in [0.15, 0.2) is 65.8 Å². The molecule has 0 saturated heterocycles. The van der Waals surface area contributed by atoms with Crippen molar-refractivity contribution in [2.45, 2.75) is 25.9 Å². The molecule has 2 heterocycles. The van der Waals surface area contributed by atoms with Crippen LogP contribution in [-0.2, 0) is 13.6 Å². The van der Waals surface area contributed by atoms with Gasteiger partial charge < -0.3 is 14.5 Å². The van der Waals surface area contributed by atoms with Crippen molar-refractivity contribution in [1.29, 1.82) is 0 Å². The second-order valence-electron chi connectivity index (χ2n) is 6.26. The summed E-state index contributed by atoms with van der Waals surface area (Å²) in [5, 5.41) is 3.09. The van der Waals surface area contributed by atoms with Gasteiger partial charge in [0.05, 0.1) is 11.6 Å². The Morgan fingerprint density at radius 1 is 1.19 bits per heavy atom. The molecule has 0 radical (unpaired) electrons. The Hall–Kier alpha value is -3.15. The Labute approximate surface area is 152 Å². The van der Waals surface area contributed by atoms with Gasteiger partial charge in [-0.2, -0.15) is 0 Å². The first-order chi connectivity index (χ1) is 12.5. The van der Waals surface area contributed by atoms with Crippen LogP contribution in [0.25, 0.3) is 0 Å². The minimum absolute atomic E-state index is 0.136. The van der Waals surface area contributed by atoms with E-state index in [4.69, 9.17) is 0 Å². The van der Waals surface area contributed by atoms with E-state index < -0.39 is 0 Å². The van der Waals surface area contributed by atoms with Crippen LogP contribution in [0.2, 0.25) is 0 Å². The Kier molecular flexibility index (Phi) is 5.31. The molecule has 134 valence electrons. The molecule has 1 atom stereocenters. The number of rotatable bonds is 6. The molecular formula is C20H22N4O2. The number of aryl methyl sites for hydroxylation is 3. The van der Waals surface area contributed by atoms with Crippen molar-refractivity contribution in [3.63, 3.8) is 0 Å². The SMILES string of the molecule is Cc1nccn1CC[C@H](NC(=O)c1ccc(=O)n(C)c1)c1ccccc1. The van der Waals surface area contributed by atoms with E-state index in [1.165, 1.54) is 10.6 Å². The summed E-state index contributed by atoms with van der Waals surface area (Å²) in [5.74, 6) is 0.748. The predicted octanol–water partition coefficient (Wildman–Crippen LogP) is 2.45. The van der Waals surface area contributed by atoms with Crippen LogP contribution in [0.4, 0.5) is 0 Å². The van der Waals surface area contributed by atoms with E-state index in [2.05, 4.69) is 14.9 Å². The molecule has 0 unspecified atom stereocenters. The van der Waals surface area contributed by atoms with Crippen LogP contribution in [0.1, 0.15) is 34.2 Å². The molecule has 0 aliphatic rings. The molecule has 3 aromatic rings. The molecule has 0 saturated carbocycles. The summed E-state index contributed by atoms with van der Waals surface area (Å²) in [6.07, 6.45) is 6.00. The minimum Gasteiger partial charge on any atom is -0.345 e. The molecule has 1 N–H and O–H groups in total. The first-order valence-electron chi connectivity index (χ1n) is 8.55. The van der Waals surface area contributed by atoms with Crippen molar-refractivity contribution in [2.75, 3.05) is 0 Å². The normalized spacial score (nSPS) is 11.9. The molecule has 0 aliphatic heterocycles. The largest absolute Gasteiger partial charge is 0.345 e. The number of carbonyl (C=O) groups is 1. The van der Waals surface area contributed by atoms with E-state index in [9.17, 15) is 9.59 Å². The fourth-order valence-electron chi connectivity index (χ4n) is 2.89. The third kappa shape index (κ3) is 4.08. The van der Waals surface area contributed by atoms with Crippen LogP contribution in [0, 0.1) is 6.92 Å². The summed E-state index contributed by atoms with van der Waals surface area (Å²) in [5.41, 5.74) is 1.37. The van der Waals surface area contributed by atoms with Gasteiger partial charge in [0.1, 0.15) is 5.82 Å².